The number of halogens is 1. The SMILES string of the molecule is O=C(Nc1ccccc1N1CCOCC1)c1cccc(Cl)c1. The lowest BCUT2D eigenvalue weighted by Crippen LogP contribution is -2.36. The summed E-state index contributed by atoms with van der Waals surface area (Å²) in [6, 6.07) is 14.7. The number of amides is 1. The Kier molecular flexibility index (Phi) is 4.61. The molecule has 0 bridgehead atoms. The first-order chi connectivity index (χ1) is 10.7. The summed E-state index contributed by atoms with van der Waals surface area (Å²) in [6.07, 6.45) is 0. The third-order valence-electron chi connectivity index (χ3n) is 3.59. The number of anilines is 2. The lowest BCUT2D eigenvalue weighted by molar-refractivity contribution is 0.102. The van der Waals surface area contributed by atoms with Crippen LogP contribution in [0.15, 0.2) is 48.5 Å². The Labute approximate surface area is 134 Å². The number of carbonyl (C=O) groups is 1. The molecular weight excluding hydrogens is 300 g/mol. The van der Waals surface area contributed by atoms with Gasteiger partial charge in [0.15, 0.2) is 0 Å². The minimum Gasteiger partial charge on any atom is -0.378 e. The number of nitrogens with zero attached hydrogens (tertiary/aromatic N) is 1. The Morgan fingerprint density at radius 2 is 1.86 bits per heavy atom. The van der Waals surface area contributed by atoms with Gasteiger partial charge in [0.2, 0.25) is 0 Å². The lowest BCUT2D eigenvalue weighted by Gasteiger charge is -2.30. The van der Waals surface area contributed by atoms with Gasteiger partial charge in [0.25, 0.3) is 5.91 Å². The van der Waals surface area contributed by atoms with E-state index < -0.39 is 0 Å². The molecule has 4 nitrogen and oxygen atoms in total. The maximum Gasteiger partial charge on any atom is 0.255 e. The smallest absolute Gasteiger partial charge is 0.255 e. The zero-order valence-corrected chi connectivity index (χ0v) is 12.8. The molecule has 22 heavy (non-hydrogen) atoms. The number of hydrogen-bond acceptors (Lipinski definition) is 3. The first-order valence-corrected chi connectivity index (χ1v) is 7.60. The highest BCUT2D eigenvalue weighted by Crippen LogP contribution is 2.27. The molecular formula is C17H17ClN2O2. The molecule has 0 saturated carbocycles. The summed E-state index contributed by atoms with van der Waals surface area (Å²) in [5.74, 6) is -0.164. The molecule has 0 spiro atoms. The second-order valence-corrected chi connectivity index (χ2v) is 5.52. The number of morpholine rings is 1. The van der Waals surface area contributed by atoms with Gasteiger partial charge in [-0.15, -0.1) is 0 Å². The van der Waals surface area contributed by atoms with E-state index in [4.69, 9.17) is 16.3 Å². The lowest BCUT2D eigenvalue weighted by atomic mass is 10.2. The van der Waals surface area contributed by atoms with Gasteiger partial charge in [-0.2, -0.15) is 0 Å². The summed E-state index contributed by atoms with van der Waals surface area (Å²) in [5.41, 5.74) is 2.36. The van der Waals surface area contributed by atoms with Gasteiger partial charge in [0, 0.05) is 23.7 Å². The Morgan fingerprint density at radius 1 is 1.09 bits per heavy atom. The number of carbonyl (C=O) groups excluding carboxylic acids is 1. The number of ether oxygens (including phenoxy) is 1. The van der Waals surface area contributed by atoms with Gasteiger partial charge in [-0.1, -0.05) is 29.8 Å². The van der Waals surface area contributed by atoms with E-state index in [1.807, 2.05) is 24.3 Å². The number of benzene rings is 2. The topological polar surface area (TPSA) is 41.6 Å². The van der Waals surface area contributed by atoms with Gasteiger partial charge < -0.3 is 15.0 Å². The first kappa shape index (κ1) is 14.9. The number of hydrogen-bond donors (Lipinski definition) is 1. The van der Waals surface area contributed by atoms with Crippen LogP contribution in [0, 0.1) is 0 Å². The first-order valence-electron chi connectivity index (χ1n) is 7.23. The number of nitrogens with one attached hydrogen (secondary N) is 1. The quantitative estimate of drug-likeness (QED) is 0.943. The largest absolute Gasteiger partial charge is 0.378 e. The Morgan fingerprint density at radius 3 is 2.64 bits per heavy atom. The molecule has 0 unspecified atom stereocenters. The van der Waals surface area contributed by atoms with Crippen molar-refractivity contribution in [2.75, 3.05) is 36.5 Å². The van der Waals surface area contributed by atoms with Crippen molar-refractivity contribution >= 4 is 28.9 Å². The van der Waals surface area contributed by atoms with Crippen molar-refractivity contribution in [3.8, 4) is 0 Å². The molecule has 114 valence electrons. The Bertz CT molecular complexity index is 669. The van der Waals surface area contributed by atoms with Gasteiger partial charge >= 0.3 is 0 Å². The van der Waals surface area contributed by atoms with E-state index in [9.17, 15) is 4.79 Å². The van der Waals surface area contributed by atoms with Crippen LogP contribution < -0.4 is 10.2 Å². The van der Waals surface area contributed by atoms with Crippen molar-refractivity contribution in [1.29, 1.82) is 0 Å². The molecule has 0 aromatic heterocycles. The Balaban J connectivity index is 1.81. The molecule has 1 fully saturated rings. The molecule has 1 heterocycles. The second-order valence-electron chi connectivity index (χ2n) is 5.08. The Hall–Kier alpha value is -2.04. The van der Waals surface area contributed by atoms with Crippen molar-refractivity contribution in [3.63, 3.8) is 0 Å². The van der Waals surface area contributed by atoms with E-state index in [1.165, 1.54) is 0 Å². The predicted octanol–water partition coefficient (Wildman–Crippen LogP) is 3.43. The van der Waals surface area contributed by atoms with Crippen LogP contribution in [-0.4, -0.2) is 32.2 Å². The van der Waals surface area contributed by atoms with E-state index in [-0.39, 0.29) is 5.91 Å². The summed E-state index contributed by atoms with van der Waals surface area (Å²) in [7, 11) is 0. The van der Waals surface area contributed by atoms with Crippen LogP contribution in [-0.2, 0) is 4.74 Å². The standard InChI is InChI=1S/C17H17ClN2O2/c18-14-5-3-4-13(12-14)17(21)19-15-6-1-2-7-16(15)20-8-10-22-11-9-20/h1-7,12H,8-11H2,(H,19,21). The van der Waals surface area contributed by atoms with Crippen LogP contribution in [0.2, 0.25) is 5.02 Å². The fourth-order valence-electron chi connectivity index (χ4n) is 2.48. The highest BCUT2D eigenvalue weighted by atomic mass is 35.5. The van der Waals surface area contributed by atoms with Crippen LogP contribution >= 0.6 is 11.6 Å². The summed E-state index contributed by atoms with van der Waals surface area (Å²) in [6.45, 7) is 3.06. The third kappa shape index (κ3) is 3.40. The number of para-hydroxylation sites is 2. The van der Waals surface area contributed by atoms with Gasteiger partial charge in [-0.3, -0.25) is 4.79 Å². The fourth-order valence-corrected chi connectivity index (χ4v) is 2.67. The second kappa shape index (κ2) is 6.81. The zero-order chi connectivity index (χ0) is 15.4. The molecule has 2 aromatic carbocycles. The van der Waals surface area contributed by atoms with Crippen molar-refractivity contribution in [1.82, 2.24) is 0 Å². The van der Waals surface area contributed by atoms with Crippen LogP contribution in [0.25, 0.3) is 0 Å². The van der Waals surface area contributed by atoms with E-state index in [0.717, 1.165) is 24.5 Å². The maximum atomic E-state index is 12.4. The summed E-state index contributed by atoms with van der Waals surface area (Å²) >= 11 is 5.94. The summed E-state index contributed by atoms with van der Waals surface area (Å²) in [4.78, 5) is 14.6. The van der Waals surface area contributed by atoms with E-state index in [2.05, 4.69) is 10.2 Å². The van der Waals surface area contributed by atoms with Gasteiger partial charge in [0.1, 0.15) is 0 Å². The monoisotopic (exact) mass is 316 g/mol. The molecule has 3 rings (SSSR count). The highest BCUT2D eigenvalue weighted by molar-refractivity contribution is 6.31. The predicted molar refractivity (Wildman–Crippen MR) is 88.9 cm³/mol. The van der Waals surface area contributed by atoms with Crippen LogP contribution in [0.4, 0.5) is 11.4 Å². The minimum atomic E-state index is -0.164. The van der Waals surface area contributed by atoms with Crippen LogP contribution in [0.1, 0.15) is 10.4 Å². The van der Waals surface area contributed by atoms with E-state index >= 15 is 0 Å². The van der Waals surface area contributed by atoms with Crippen molar-refractivity contribution in [2.45, 2.75) is 0 Å². The highest BCUT2D eigenvalue weighted by Gasteiger charge is 2.16. The normalized spacial score (nSPS) is 14.7. The molecule has 1 N–H and O–H groups in total. The van der Waals surface area contributed by atoms with Gasteiger partial charge in [-0.25, -0.2) is 0 Å². The third-order valence-corrected chi connectivity index (χ3v) is 3.83. The molecule has 5 heteroatoms. The van der Waals surface area contributed by atoms with Crippen LogP contribution in [0.3, 0.4) is 0 Å². The fraction of sp³-hybridized carbons (Fsp3) is 0.235. The molecule has 2 aromatic rings. The molecule has 1 aliphatic rings. The van der Waals surface area contributed by atoms with Crippen molar-refractivity contribution in [2.24, 2.45) is 0 Å². The van der Waals surface area contributed by atoms with Crippen molar-refractivity contribution < 1.29 is 9.53 Å². The zero-order valence-electron chi connectivity index (χ0n) is 12.1. The average Bonchev–Trinajstić information content (AvgIpc) is 2.56. The average molecular weight is 317 g/mol. The molecule has 0 atom stereocenters. The summed E-state index contributed by atoms with van der Waals surface area (Å²) in [5, 5.41) is 3.52. The van der Waals surface area contributed by atoms with Gasteiger partial charge in [-0.05, 0) is 30.3 Å². The van der Waals surface area contributed by atoms with E-state index in [1.54, 1.807) is 24.3 Å². The molecule has 1 saturated heterocycles. The number of rotatable bonds is 3. The minimum absolute atomic E-state index is 0.164. The van der Waals surface area contributed by atoms with E-state index in [0.29, 0.717) is 23.8 Å². The molecule has 0 aliphatic carbocycles. The van der Waals surface area contributed by atoms with Crippen LogP contribution in [0.5, 0.6) is 0 Å². The molecule has 1 aliphatic heterocycles. The summed E-state index contributed by atoms with van der Waals surface area (Å²) < 4.78 is 5.38. The maximum absolute atomic E-state index is 12.4. The molecule has 1 amide bonds. The molecule has 0 radical (unpaired) electrons. The van der Waals surface area contributed by atoms with Gasteiger partial charge in [0.05, 0.1) is 24.6 Å². The van der Waals surface area contributed by atoms with Crippen molar-refractivity contribution in [3.05, 3.63) is 59.1 Å².